The van der Waals surface area contributed by atoms with Gasteiger partial charge in [0.2, 0.25) is 53.2 Å². The van der Waals surface area contributed by atoms with Crippen LogP contribution < -0.4 is 65.5 Å². The molecule has 9 amide bonds. The lowest BCUT2D eigenvalue weighted by Gasteiger charge is -2.28. The van der Waals surface area contributed by atoms with E-state index in [1.807, 2.05) is 25.1 Å². The summed E-state index contributed by atoms with van der Waals surface area (Å²) in [5, 5.41) is 31.3. The molecule has 2 heterocycles. The number of amides is 9. The van der Waals surface area contributed by atoms with Crippen LogP contribution in [-0.4, -0.2) is 147 Å². The van der Waals surface area contributed by atoms with Gasteiger partial charge >= 0.3 is 5.97 Å². The van der Waals surface area contributed by atoms with E-state index in [9.17, 15) is 53.1 Å². The number of nitrogens with zero attached hydrogens (tertiary/aromatic N) is 2. The summed E-state index contributed by atoms with van der Waals surface area (Å²) in [6.45, 7) is 2.90. The lowest BCUT2D eigenvalue weighted by molar-refractivity contribution is -0.138. The molecule has 2 aromatic heterocycles. The van der Waals surface area contributed by atoms with Gasteiger partial charge in [-0.2, -0.15) is 0 Å². The number of aliphatic carboxylic acids is 1. The van der Waals surface area contributed by atoms with Gasteiger partial charge in [0.25, 0.3) is 0 Å². The Labute approximate surface area is 462 Å². The number of rotatable bonds is 36. The van der Waals surface area contributed by atoms with Gasteiger partial charge in [0.1, 0.15) is 42.3 Å². The van der Waals surface area contributed by atoms with Gasteiger partial charge in [-0.05, 0) is 68.7 Å². The van der Waals surface area contributed by atoms with Crippen molar-refractivity contribution in [1.82, 2.24) is 57.5 Å². The maximum atomic E-state index is 14.7. The van der Waals surface area contributed by atoms with Crippen LogP contribution in [0.15, 0.2) is 78.3 Å². The smallest absolute Gasteiger partial charge is 0.303 e. The number of nitrogens with one attached hydrogen (secondary N) is 10. The molecule has 0 saturated carbocycles. The van der Waals surface area contributed by atoms with E-state index in [1.165, 1.54) is 19.4 Å². The van der Waals surface area contributed by atoms with Gasteiger partial charge in [0.05, 0.1) is 12.9 Å². The molecule has 0 aliphatic heterocycles. The highest BCUT2D eigenvalue weighted by Crippen LogP contribution is 2.20. The minimum Gasteiger partial charge on any atom is -0.481 e. The van der Waals surface area contributed by atoms with E-state index in [2.05, 4.69) is 62.5 Å². The number of hydrogen-bond donors (Lipinski definition) is 15. The molecule has 27 heteroatoms. The number of benzene rings is 2. The molecule has 0 radical (unpaired) electrons. The summed E-state index contributed by atoms with van der Waals surface area (Å²) in [5.74, 6) is -8.62. The maximum absolute atomic E-state index is 14.7. The summed E-state index contributed by atoms with van der Waals surface area (Å²) in [4.78, 5) is 149. The van der Waals surface area contributed by atoms with Crippen molar-refractivity contribution in [3.05, 3.63) is 90.1 Å². The zero-order valence-corrected chi connectivity index (χ0v) is 45.0. The van der Waals surface area contributed by atoms with Crippen LogP contribution in [0, 0.1) is 0 Å². The fourth-order valence-electron chi connectivity index (χ4n) is 8.52. The van der Waals surface area contributed by atoms with E-state index < -0.39 is 121 Å². The number of H-pyrrole nitrogens is 2. The average Bonchev–Trinajstić information content (AvgIpc) is 4.11. The Balaban J connectivity index is 1.66. The number of nitrogens with two attached hydrogens (primary N) is 4. The van der Waals surface area contributed by atoms with Gasteiger partial charge < -0.3 is 80.5 Å². The summed E-state index contributed by atoms with van der Waals surface area (Å²) in [6, 6.07) is 6.48. The van der Waals surface area contributed by atoms with Crippen LogP contribution in [0.25, 0.3) is 10.9 Å². The first-order chi connectivity index (χ1) is 38.3. The molecular formula is C53H76N16O11. The molecule has 4 rings (SSSR count). The Morgan fingerprint density at radius 1 is 0.613 bits per heavy atom. The normalized spacial score (nSPS) is 13.6. The van der Waals surface area contributed by atoms with Crippen molar-refractivity contribution >= 4 is 76.0 Å². The third kappa shape index (κ3) is 22.2. The molecule has 0 aliphatic rings. The minimum atomic E-state index is -1.50. The van der Waals surface area contributed by atoms with Crippen LogP contribution in [0.3, 0.4) is 0 Å². The van der Waals surface area contributed by atoms with Crippen LogP contribution >= 0.6 is 0 Å². The van der Waals surface area contributed by atoms with Crippen molar-refractivity contribution in [1.29, 1.82) is 0 Å². The second-order valence-corrected chi connectivity index (χ2v) is 19.1. The van der Waals surface area contributed by atoms with Gasteiger partial charge in [-0.3, -0.25) is 52.9 Å². The zero-order valence-electron chi connectivity index (χ0n) is 45.0. The monoisotopic (exact) mass is 1110 g/mol. The summed E-state index contributed by atoms with van der Waals surface area (Å²) in [5.41, 5.74) is 24.6. The molecule has 0 unspecified atom stereocenters. The van der Waals surface area contributed by atoms with E-state index >= 15 is 0 Å². The molecule has 7 atom stereocenters. The number of fused-ring (bicyclic) bond motifs is 1. The molecule has 27 nitrogen and oxygen atoms in total. The van der Waals surface area contributed by atoms with Crippen LogP contribution in [0.2, 0.25) is 0 Å². The number of carboxylic acids is 1. The predicted octanol–water partition coefficient (Wildman–Crippen LogP) is -1.83. The first-order valence-corrected chi connectivity index (χ1v) is 26.5. The number of aliphatic imine (C=N–C) groups is 1. The first-order valence-electron chi connectivity index (χ1n) is 26.5. The fraction of sp³-hybridized carbons (Fsp3) is 0.472. The molecular weight excluding hydrogens is 1040 g/mol. The number of carbonyl (C=O) groups is 10. The highest BCUT2D eigenvalue weighted by molar-refractivity contribution is 5.98. The van der Waals surface area contributed by atoms with E-state index in [0.29, 0.717) is 49.0 Å². The Bertz CT molecular complexity index is 2730. The quantitative estimate of drug-likeness (QED) is 0.0135. The Kier molecular flexibility index (Phi) is 26.6. The highest BCUT2D eigenvalue weighted by atomic mass is 16.4. The Morgan fingerprint density at radius 2 is 1.18 bits per heavy atom. The number of para-hydroxylation sites is 1. The molecule has 4 aromatic rings. The number of carboxylic acid groups (broad SMARTS) is 1. The van der Waals surface area contributed by atoms with Crippen LogP contribution in [0.4, 0.5) is 0 Å². The third-order valence-electron chi connectivity index (χ3n) is 12.7. The molecule has 0 aliphatic carbocycles. The standard InChI is InChI=1S/C53H76N16O11/c1-3-4-16-38(63-31(2)70)48(76)66-40(20-21-45(72)73)50(78)69-43(26-34-28-58-30-62-34)52(80)67-41(24-32-13-6-5-7-14-32)51(79)65-39(19-12-23-59-53(56)57)49(77)68-42(25-33-27-60-36-17-9-8-15-35(33)36)47(75)61-29-44(71)64-37(46(55)74)18-10-11-22-54/h5-9,13-15,17,27-28,30,37-43,60H,3-4,10-12,16,18-26,29,54H2,1-2H3,(H2,55,74)(H,58,62)(H,61,75)(H,63,70)(H,64,71)(H,65,79)(H,66,76)(H,67,80)(H,68,77)(H,69,78)(H,72,73)(H4,56,57,59)/t37-,38-,39-,40-,41+,42+,43-/m0/s1. The molecule has 0 fully saturated rings. The Hall–Kier alpha value is -8.88. The summed E-state index contributed by atoms with van der Waals surface area (Å²) < 4.78 is 0. The molecule has 0 saturated heterocycles. The fourth-order valence-corrected chi connectivity index (χ4v) is 8.52. The second kappa shape index (κ2) is 33.4. The lowest BCUT2D eigenvalue weighted by atomic mass is 10.0. The summed E-state index contributed by atoms with van der Waals surface area (Å²) in [6.07, 6.45) is 5.74. The molecule has 0 bridgehead atoms. The summed E-state index contributed by atoms with van der Waals surface area (Å²) >= 11 is 0. The largest absolute Gasteiger partial charge is 0.481 e. The van der Waals surface area contributed by atoms with Gasteiger partial charge in [0.15, 0.2) is 5.96 Å². The van der Waals surface area contributed by atoms with Crippen LogP contribution in [0.5, 0.6) is 0 Å². The number of aromatic nitrogens is 3. The minimum absolute atomic E-state index is 0.0224. The predicted molar refractivity (Wildman–Crippen MR) is 295 cm³/mol. The van der Waals surface area contributed by atoms with Crippen molar-refractivity contribution in [2.75, 3.05) is 19.6 Å². The lowest BCUT2D eigenvalue weighted by Crippen LogP contribution is -2.60. The highest BCUT2D eigenvalue weighted by Gasteiger charge is 2.34. The van der Waals surface area contributed by atoms with Crippen molar-refractivity contribution in [3.8, 4) is 0 Å². The zero-order chi connectivity index (χ0) is 58.6. The SMILES string of the molecule is CCCC[C@H](NC(C)=O)C(=O)N[C@@H](CCC(=O)O)C(=O)N[C@@H](Cc1cnc[nH]1)C(=O)N[C@H](Cc1ccccc1)C(=O)N[C@@H](CCCN=C(N)N)C(=O)N[C@H](Cc1c[nH]c2ccccc12)C(=O)NCC(=O)N[C@@H](CCCCN)C(N)=O. The first kappa shape index (κ1) is 63.7. The number of imidazole rings is 1. The second-order valence-electron chi connectivity index (χ2n) is 19.1. The van der Waals surface area contributed by atoms with Crippen LogP contribution in [0.1, 0.15) is 94.9 Å². The molecule has 19 N–H and O–H groups in total. The van der Waals surface area contributed by atoms with E-state index in [4.69, 9.17) is 22.9 Å². The number of hydrogen-bond acceptors (Lipinski definition) is 13. The van der Waals surface area contributed by atoms with Gasteiger partial charge in [-0.1, -0.05) is 68.3 Å². The van der Waals surface area contributed by atoms with Crippen molar-refractivity contribution in [3.63, 3.8) is 0 Å². The van der Waals surface area contributed by atoms with E-state index in [1.54, 1.807) is 42.6 Å². The van der Waals surface area contributed by atoms with Gasteiger partial charge in [-0.15, -0.1) is 0 Å². The number of aromatic amines is 2. The third-order valence-corrected chi connectivity index (χ3v) is 12.7. The molecule has 0 spiro atoms. The molecule has 434 valence electrons. The number of guanidine groups is 1. The van der Waals surface area contributed by atoms with Crippen LogP contribution in [-0.2, 0) is 67.2 Å². The Morgan fingerprint density at radius 3 is 1.76 bits per heavy atom. The molecule has 80 heavy (non-hydrogen) atoms. The molecule has 2 aromatic carbocycles. The number of unbranched alkanes of at least 4 members (excludes halogenated alkanes) is 2. The van der Waals surface area contributed by atoms with Gasteiger partial charge in [-0.25, -0.2) is 4.98 Å². The van der Waals surface area contributed by atoms with Crippen molar-refractivity contribution < 1.29 is 53.1 Å². The average molecular weight is 1110 g/mol. The number of carbonyl (C=O) groups excluding carboxylic acids is 9. The van der Waals surface area contributed by atoms with E-state index in [-0.39, 0.29) is 57.5 Å². The van der Waals surface area contributed by atoms with Crippen molar-refractivity contribution in [2.24, 2.45) is 27.9 Å². The van der Waals surface area contributed by atoms with E-state index in [0.717, 1.165) is 10.9 Å². The maximum Gasteiger partial charge on any atom is 0.303 e. The van der Waals surface area contributed by atoms with Crippen molar-refractivity contribution in [2.45, 2.75) is 140 Å². The van der Waals surface area contributed by atoms with Gasteiger partial charge in [0, 0.05) is 68.1 Å². The topological polar surface area (TPSA) is 448 Å². The summed E-state index contributed by atoms with van der Waals surface area (Å²) in [7, 11) is 0. The number of primary amides is 1.